The molecule has 4 aromatic heterocycles. The Morgan fingerprint density at radius 3 is 2.02 bits per heavy atom. The summed E-state index contributed by atoms with van der Waals surface area (Å²) in [7, 11) is 0. The van der Waals surface area contributed by atoms with Gasteiger partial charge in [-0.3, -0.25) is 9.97 Å². The van der Waals surface area contributed by atoms with E-state index in [4.69, 9.17) is 9.97 Å². The number of hydrogen-bond donors (Lipinski definition) is 0. The normalized spacial score (nSPS) is 10.7. The fourth-order valence-electron chi connectivity index (χ4n) is 6.40. The number of aromatic nitrogens is 5. The predicted octanol–water partition coefficient (Wildman–Crippen LogP) is 11.2. The first-order valence-electron chi connectivity index (χ1n) is 17.1. The zero-order chi connectivity index (χ0) is 35.3. The zero-order valence-corrected chi connectivity index (χ0v) is 31.6. The second kappa shape index (κ2) is 16.0. The molecule has 0 bridgehead atoms. The van der Waals surface area contributed by atoms with Crippen LogP contribution in [0.3, 0.4) is 0 Å². The molecule has 1 radical (unpaired) electrons. The van der Waals surface area contributed by atoms with Gasteiger partial charge in [0.1, 0.15) is 0 Å². The van der Waals surface area contributed by atoms with Gasteiger partial charge in [0.2, 0.25) is 0 Å². The summed E-state index contributed by atoms with van der Waals surface area (Å²) in [4.78, 5) is 23.1. The van der Waals surface area contributed by atoms with Gasteiger partial charge in [-0.2, -0.15) is 0 Å². The van der Waals surface area contributed by atoms with E-state index in [0.29, 0.717) is 0 Å². The van der Waals surface area contributed by atoms with E-state index in [9.17, 15) is 0 Å². The van der Waals surface area contributed by atoms with E-state index in [1.165, 1.54) is 16.5 Å². The summed E-state index contributed by atoms with van der Waals surface area (Å²) in [5.74, 6) is 0. The molecule has 0 amide bonds. The summed E-state index contributed by atoms with van der Waals surface area (Å²) in [6, 6.07) is 51.6. The number of fused-ring (bicyclic) bond motifs is 3. The maximum Gasteiger partial charge on any atom is 0.0899 e. The second-order valence-corrected chi connectivity index (χ2v) is 12.6. The molecule has 0 fully saturated rings. The molecule has 0 aliphatic heterocycles. The van der Waals surface area contributed by atoms with Gasteiger partial charge in [-0.15, -0.1) is 59.7 Å². The van der Waals surface area contributed by atoms with E-state index in [2.05, 4.69) is 95.5 Å². The van der Waals surface area contributed by atoms with Crippen molar-refractivity contribution in [3.05, 3.63) is 188 Å². The van der Waals surface area contributed by atoms with Crippen LogP contribution in [0.2, 0.25) is 0 Å². The van der Waals surface area contributed by atoms with Gasteiger partial charge in [0.15, 0.2) is 0 Å². The van der Waals surface area contributed by atoms with Crippen LogP contribution in [0.15, 0.2) is 164 Å². The van der Waals surface area contributed by atoms with E-state index in [-0.39, 0.29) is 20.1 Å². The fourth-order valence-corrected chi connectivity index (χ4v) is 6.40. The van der Waals surface area contributed by atoms with E-state index in [0.717, 1.165) is 72.4 Å². The summed E-state index contributed by atoms with van der Waals surface area (Å²) < 4.78 is 0. The fraction of sp³-hybridized carbons (Fsp3) is 0.0426. The molecule has 0 unspecified atom stereocenters. The van der Waals surface area contributed by atoms with Crippen molar-refractivity contribution in [2.75, 3.05) is 0 Å². The van der Waals surface area contributed by atoms with Gasteiger partial charge in [-0.05, 0) is 65.8 Å². The molecule has 5 aromatic carbocycles. The van der Waals surface area contributed by atoms with Crippen LogP contribution < -0.4 is 0 Å². The first kappa shape index (κ1) is 35.2. The predicted molar refractivity (Wildman–Crippen MR) is 211 cm³/mol. The zero-order valence-electron chi connectivity index (χ0n) is 29.2. The van der Waals surface area contributed by atoms with Crippen LogP contribution in [0.1, 0.15) is 11.1 Å². The summed E-state index contributed by atoms with van der Waals surface area (Å²) in [6.45, 7) is 4.19. The third kappa shape index (κ3) is 7.70. The van der Waals surface area contributed by atoms with Crippen molar-refractivity contribution in [2.45, 2.75) is 13.8 Å². The van der Waals surface area contributed by atoms with Gasteiger partial charge < -0.3 is 9.97 Å². The molecule has 0 spiro atoms. The number of pyridine rings is 3. The Hall–Kier alpha value is -6.20. The van der Waals surface area contributed by atoms with Gasteiger partial charge in [-0.25, -0.2) is 4.98 Å². The molecule has 4 heterocycles. The summed E-state index contributed by atoms with van der Waals surface area (Å²) in [5.41, 5.74) is 13.1. The maximum absolute atomic E-state index is 5.03. The van der Waals surface area contributed by atoms with Gasteiger partial charge in [0, 0.05) is 49.6 Å². The Morgan fingerprint density at radius 2 is 1.23 bits per heavy atom. The van der Waals surface area contributed by atoms with Gasteiger partial charge in [0.05, 0.1) is 29.3 Å². The molecule has 0 atom stereocenters. The molecular weight excluding hydrogens is 827 g/mol. The Kier molecular flexibility index (Phi) is 10.6. The van der Waals surface area contributed by atoms with Crippen LogP contribution in [0.25, 0.3) is 77.8 Å². The molecule has 0 aliphatic rings. The van der Waals surface area contributed by atoms with Crippen molar-refractivity contribution in [2.24, 2.45) is 0 Å². The summed E-state index contributed by atoms with van der Waals surface area (Å²) >= 11 is 0. The van der Waals surface area contributed by atoms with Crippen LogP contribution in [0.5, 0.6) is 0 Å². The number of aryl methyl sites for hydroxylation is 2. The van der Waals surface area contributed by atoms with Crippen LogP contribution >= 0.6 is 0 Å². The van der Waals surface area contributed by atoms with Crippen LogP contribution in [0, 0.1) is 26.0 Å². The second-order valence-electron chi connectivity index (χ2n) is 12.6. The molecule has 6 heteroatoms. The molecule has 257 valence electrons. The number of benzene rings is 5. The molecule has 0 N–H and O–H groups in total. The van der Waals surface area contributed by atoms with Gasteiger partial charge in [-0.1, -0.05) is 95.1 Å². The average molecular weight is 860 g/mol. The van der Waals surface area contributed by atoms with E-state index < -0.39 is 0 Å². The number of rotatable bonds is 5. The monoisotopic (exact) mass is 860 g/mol. The minimum absolute atomic E-state index is 0. The Morgan fingerprint density at radius 1 is 0.472 bits per heavy atom. The Labute approximate surface area is 322 Å². The van der Waals surface area contributed by atoms with Crippen molar-refractivity contribution in [3.63, 3.8) is 0 Å². The van der Waals surface area contributed by atoms with Crippen LogP contribution in [-0.2, 0) is 20.1 Å². The first-order valence-corrected chi connectivity index (χ1v) is 17.1. The molecule has 9 aromatic rings. The van der Waals surface area contributed by atoms with Crippen molar-refractivity contribution in [1.82, 2.24) is 24.9 Å². The summed E-state index contributed by atoms with van der Waals surface area (Å²) in [6.07, 6.45) is 9.14. The van der Waals surface area contributed by atoms with E-state index >= 15 is 0 Å². The quantitative estimate of drug-likeness (QED) is 0.127. The minimum Gasteiger partial charge on any atom is -0.305 e. The van der Waals surface area contributed by atoms with Crippen molar-refractivity contribution in [1.29, 1.82) is 0 Å². The molecule has 5 nitrogen and oxygen atoms in total. The van der Waals surface area contributed by atoms with Gasteiger partial charge >= 0.3 is 0 Å². The molecular formula is C47H33IrN5-2. The number of nitrogens with zero attached hydrogens (tertiary/aromatic N) is 5. The van der Waals surface area contributed by atoms with E-state index in [1.54, 1.807) is 12.4 Å². The van der Waals surface area contributed by atoms with Crippen molar-refractivity contribution >= 4 is 21.7 Å². The Bertz CT molecular complexity index is 2590. The Balaban J connectivity index is 0.000000194. The van der Waals surface area contributed by atoms with Crippen LogP contribution in [0.4, 0.5) is 0 Å². The standard InChI is InChI=1S/C30H21N4.C17H12N.Ir/c1-19-9-10-23-24(12-19)26(15-28-25(23)13-20(2)16-33-28)30-18-31-17-29(34-30)22-7-5-6-21(14-22)27-8-3-4-11-32-27;1-2-8-14(9-3-1)15-10-4-5-11-16(15)17-12-6-7-13-18-17;/h3-5,7-18H,1-2H3;1-10,12-13H;/q2*-1;. The van der Waals surface area contributed by atoms with Crippen molar-refractivity contribution in [3.8, 4) is 56.2 Å². The molecule has 53 heavy (non-hydrogen) atoms. The van der Waals surface area contributed by atoms with E-state index in [1.807, 2.05) is 97.5 Å². The minimum atomic E-state index is 0. The number of hydrogen-bond acceptors (Lipinski definition) is 5. The van der Waals surface area contributed by atoms with Crippen LogP contribution in [-0.4, -0.2) is 24.9 Å². The molecule has 0 saturated carbocycles. The third-order valence-electron chi connectivity index (χ3n) is 8.90. The first-order chi connectivity index (χ1) is 25.6. The largest absolute Gasteiger partial charge is 0.305 e. The SMILES string of the molecule is Cc1ccc2c(c1)c(-c1cncc(-c3cc[c-]c(-c4ccccn4)c3)n1)cc1ncc(C)cc12.[Ir].[c-]1cccc(-c2ccccc2)c1-c1ccccn1. The van der Waals surface area contributed by atoms with Crippen molar-refractivity contribution < 1.29 is 20.1 Å². The molecule has 0 saturated heterocycles. The summed E-state index contributed by atoms with van der Waals surface area (Å²) in [5, 5.41) is 3.48. The van der Waals surface area contributed by atoms with Gasteiger partial charge in [0.25, 0.3) is 0 Å². The topological polar surface area (TPSA) is 64.5 Å². The molecule has 0 aliphatic carbocycles. The maximum atomic E-state index is 5.03. The smallest absolute Gasteiger partial charge is 0.0899 e. The molecule has 9 rings (SSSR count). The average Bonchev–Trinajstić information content (AvgIpc) is 3.22. The third-order valence-corrected chi connectivity index (χ3v) is 8.90.